The number of halogens is 2. The molecule has 0 atom stereocenters. The van der Waals surface area contributed by atoms with E-state index in [4.69, 9.17) is 0 Å². The lowest BCUT2D eigenvalue weighted by Gasteiger charge is -2.17. The number of hydrogen-bond acceptors (Lipinski definition) is 6. The first-order valence-corrected chi connectivity index (χ1v) is 10.7. The Labute approximate surface area is 163 Å². The van der Waals surface area contributed by atoms with Gasteiger partial charge in [0.05, 0.1) is 5.75 Å². The van der Waals surface area contributed by atoms with Crippen LogP contribution in [0.4, 0.5) is 20.4 Å². The highest BCUT2D eigenvalue weighted by Crippen LogP contribution is 2.20. The lowest BCUT2D eigenvalue weighted by atomic mass is 10.2. The Kier molecular flexibility index (Phi) is 6.40. The SMILES string of the molecule is Cc1nc(NCCNS(=O)(=O)Cc2cc(F)cc(F)c2)cc(N2CCCC2)n1. The highest BCUT2D eigenvalue weighted by molar-refractivity contribution is 7.88. The Morgan fingerprint density at radius 3 is 2.39 bits per heavy atom. The number of aromatic nitrogens is 2. The predicted molar refractivity (Wildman–Crippen MR) is 104 cm³/mol. The summed E-state index contributed by atoms with van der Waals surface area (Å²) in [7, 11) is -3.72. The molecule has 0 unspecified atom stereocenters. The lowest BCUT2D eigenvalue weighted by molar-refractivity contribution is 0.575. The van der Waals surface area contributed by atoms with Crippen molar-refractivity contribution in [2.24, 2.45) is 0 Å². The number of nitrogens with zero attached hydrogens (tertiary/aromatic N) is 3. The van der Waals surface area contributed by atoms with E-state index in [1.807, 2.05) is 13.0 Å². The number of nitrogens with one attached hydrogen (secondary N) is 2. The van der Waals surface area contributed by atoms with Gasteiger partial charge in [-0.3, -0.25) is 0 Å². The lowest BCUT2D eigenvalue weighted by Crippen LogP contribution is -2.30. The second kappa shape index (κ2) is 8.78. The molecule has 2 N–H and O–H groups in total. The second-order valence-electron chi connectivity index (χ2n) is 6.71. The minimum Gasteiger partial charge on any atom is -0.369 e. The van der Waals surface area contributed by atoms with Crippen molar-refractivity contribution < 1.29 is 17.2 Å². The number of benzene rings is 1. The van der Waals surface area contributed by atoms with Gasteiger partial charge in [0, 0.05) is 38.3 Å². The van der Waals surface area contributed by atoms with Gasteiger partial charge in [0.25, 0.3) is 0 Å². The summed E-state index contributed by atoms with van der Waals surface area (Å²) in [6.45, 7) is 4.17. The van der Waals surface area contributed by atoms with Crippen LogP contribution in [0.5, 0.6) is 0 Å². The maximum absolute atomic E-state index is 13.2. The third-order valence-corrected chi connectivity index (χ3v) is 5.64. The molecule has 3 rings (SSSR count). The van der Waals surface area contributed by atoms with Gasteiger partial charge in [-0.05, 0) is 37.5 Å². The standard InChI is InChI=1S/C18H23F2N5O2S/c1-13-23-17(11-18(24-13)25-6-2-3-7-25)21-4-5-22-28(26,27)12-14-8-15(19)10-16(20)9-14/h8-11,22H,2-7,12H2,1H3,(H,21,23,24). The van der Waals surface area contributed by atoms with E-state index in [1.54, 1.807) is 0 Å². The van der Waals surface area contributed by atoms with Gasteiger partial charge in [-0.2, -0.15) is 0 Å². The van der Waals surface area contributed by atoms with Gasteiger partial charge in [-0.25, -0.2) is 31.9 Å². The van der Waals surface area contributed by atoms with Crippen molar-refractivity contribution in [2.75, 3.05) is 36.4 Å². The summed E-state index contributed by atoms with van der Waals surface area (Å²) in [5.41, 5.74) is 0.0552. The van der Waals surface area contributed by atoms with Gasteiger partial charge in [0.2, 0.25) is 10.0 Å². The van der Waals surface area contributed by atoms with Gasteiger partial charge < -0.3 is 10.2 Å². The zero-order valence-corrected chi connectivity index (χ0v) is 16.4. The predicted octanol–water partition coefficient (Wildman–Crippen LogP) is 2.19. The molecule has 1 aliphatic heterocycles. The van der Waals surface area contributed by atoms with E-state index in [9.17, 15) is 17.2 Å². The Hall–Kier alpha value is -2.33. The topological polar surface area (TPSA) is 87.2 Å². The van der Waals surface area contributed by atoms with Gasteiger partial charge in [0.1, 0.15) is 29.1 Å². The molecule has 152 valence electrons. The minimum atomic E-state index is -3.72. The average Bonchev–Trinajstić information content (AvgIpc) is 3.11. The zero-order valence-electron chi connectivity index (χ0n) is 15.6. The van der Waals surface area contributed by atoms with Crippen LogP contribution in [0.25, 0.3) is 0 Å². The van der Waals surface area contributed by atoms with Crippen LogP contribution in [0.3, 0.4) is 0 Å². The molecule has 0 bridgehead atoms. The first-order chi connectivity index (χ1) is 13.3. The minimum absolute atomic E-state index is 0.0552. The molecule has 0 amide bonds. The zero-order chi connectivity index (χ0) is 20.1. The van der Waals surface area contributed by atoms with E-state index in [2.05, 4.69) is 24.9 Å². The number of anilines is 2. The summed E-state index contributed by atoms with van der Waals surface area (Å²) < 4.78 is 53.0. The van der Waals surface area contributed by atoms with Crippen molar-refractivity contribution in [1.82, 2.24) is 14.7 Å². The molecule has 0 saturated carbocycles. The van der Waals surface area contributed by atoms with Crippen LogP contribution in [-0.4, -0.2) is 44.6 Å². The monoisotopic (exact) mass is 411 g/mol. The normalized spacial score (nSPS) is 14.5. The largest absolute Gasteiger partial charge is 0.369 e. The summed E-state index contributed by atoms with van der Waals surface area (Å²) in [6, 6.07) is 4.56. The van der Waals surface area contributed by atoms with Gasteiger partial charge in [-0.1, -0.05) is 0 Å². The summed E-state index contributed by atoms with van der Waals surface area (Å²) in [5, 5.41) is 3.08. The Bertz CT molecular complexity index is 913. The fourth-order valence-corrected chi connectivity index (χ4v) is 4.23. The Morgan fingerprint density at radius 1 is 1.04 bits per heavy atom. The Morgan fingerprint density at radius 2 is 1.71 bits per heavy atom. The van der Waals surface area contributed by atoms with Crippen molar-refractivity contribution in [3.05, 3.63) is 47.3 Å². The third-order valence-electron chi connectivity index (χ3n) is 4.29. The van der Waals surface area contributed by atoms with E-state index < -0.39 is 27.4 Å². The van der Waals surface area contributed by atoms with Crippen LogP contribution in [0.15, 0.2) is 24.3 Å². The summed E-state index contributed by atoms with van der Waals surface area (Å²) in [6.07, 6.45) is 2.28. The maximum atomic E-state index is 13.2. The molecule has 10 heteroatoms. The van der Waals surface area contributed by atoms with Gasteiger partial charge in [-0.15, -0.1) is 0 Å². The van der Waals surface area contributed by atoms with Crippen molar-refractivity contribution in [1.29, 1.82) is 0 Å². The molecule has 1 saturated heterocycles. The molecular formula is C18H23F2N5O2S. The average molecular weight is 411 g/mol. The van der Waals surface area contributed by atoms with Crippen molar-refractivity contribution >= 4 is 21.7 Å². The number of sulfonamides is 1. The molecule has 2 heterocycles. The summed E-state index contributed by atoms with van der Waals surface area (Å²) >= 11 is 0. The fraction of sp³-hybridized carbons (Fsp3) is 0.444. The van der Waals surface area contributed by atoms with Crippen molar-refractivity contribution in [3.8, 4) is 0 Å². The van der Waals surface area contributed by atoms with Crippen LogP contribution in [0, 0.1) is 18.6 Å². The molecule has 28 heavy (non-hydrogen) atoms. The number of aryl methyl sites for hydroxylation is 1. The molecule has 0 aliphatic carbocycles. The fourth-order valence-electron chi connectivity index (χ4n) is 3.11. The van der Waals surface area contributed by atoms with Crippen molar-refractivity contribution in [3.63, 3.8) is 0 Å². The van der Waals surface area contributed by atoms with Gasteiger partial charge >= 0.3 is 0 Å². The first-order valence-electron chi connectivity index (χ1n) is 9.07. The molecule has 1 aromatic heterocycles. The highest BCUT2D eigenvalue weighted by Gasteiger charge is 2.15. The molecule has 1 aliphatic rings. The molecule has 7 nitrogen and oxygen atoms in total. The van der Waals surface area contributed by atoms with E-state index in [-0.39, 0.29) is 12.1 Å². The highest BCUT2D eigenvalue weighted by atomic mass is 32.2. The van der Waals surface area contributed by atoms with Crippen LogP contribution < -0.4 is 14.9 Å². The molecule has 0 spiro atoms. The summed E-state index contributed by atoms with van der Waals surface area (Å²) in [4.78, 5) is 11.0. The smallest absolute Gasteiger partial charge is 0.215 e. The molecular weight excluding hydrogens is 388 g/mol. The Balaban J connectivity index is 1.52. The van der Waals surface area contributed by atoms with Crippen molar-refractivity contribution in [2.45, 2.75) is 25.5 Å². The molecule has 2 aromatic rings. The van der Waals surface area contributed by atoms with E-state index in [0.717, 1.165) is 43.9 Å². The molecule has 0 radical (unpaired) electrons. The van der Waals surface area contributed by atoms with E-state index >= 15 is 0 Å². The van der Waals surface area contributed by atoms with Gasteiger partial charge in [0.15, 0.2) is 0 Å². The van der Waals surface area contributed by atoms with E-state index in [0.29, 0.717) is 24.3 Å². The quantitative estimate of drug-likeness (QED) is 0.648. The third kappa shape index (κ3) is 5.83. The summed E-state index contributed by atoms with van der Waals surface area (Å²) in [5.74, 6) is 0.0233. The second-order valence-corrected chi connectivity index (χ2v) is 8.52. The van der Waals surface area contributed by atoms with Crippen LogP contribution in [0.2, 0.25) is 0 Å². The first kappa shape index (κ1) is 20.4. The van der Waals surface area contributed by atoms with E-state index in [1.165, 1.54) is 0 Å². The number of rotatable bonds is 8. The molecule has 1 aromatic carbocycles. The maximum Gasteiger partial charge on any atom is 0.215 e. The number of hydrogen-bond donors (Lipinski definition) is 2. The molecule has 1 fully saturated rings. The van der Waals surface area contributed by atoms with Crippen LogP contribution in [-0.2, 0) is 15.8 Å². The van der Waals surface area contributed by atoms with Crippen LogP contribution in [0.1, 0.15) is 24.2 Å². The van der Waals surface area contributed by atoms with Crippen LogP contribution >= 0.6 is 0 Å².